The highest BCUT2D eigenvalue weighted by atomic mass is 79.9. The van der Waals surface area contributed by atoms with Gasteiger partial charge in [-0.2, -0.15) is 0 Å². The summed E-state index contributed by atoms with van der Waals surface area (Å²) in [6.45, 7) is 4.49. The van der Waals surface area contributed by atoms with E-state index in [0.29, 0.717) is 22.3 Å². The highest BCUT2D eigenvalue weighted by Gasteiger charge is 2.32. The van der Waals surface area contributed by atoms with Gasteiger partial charge in [-0.1, -0.05) is 20.3 Å². The van der Waals surface area contributed by atoms with Gasteiger partial charge in [-0.15, -0.1) is 0 Å². The van der Waals surface area contributed by atoms with Crippen LogP contribution < -0.4 is 5.32 Å². The lowest BCUT2D eigenvalue weighted by Crippen LogP contribution is -2.25. The second kappa shape index (κ2) is 5.86. The number of anilines is 1. The van der Waals surface area contributed by atoms with Crippen molar-refractivity contribution in [2.45, 2.75) is 39.2 Å². The van der Waals surface area contributed by atoms with Crippen LogP contribution in [0.3, 0.4) is 0 Å². The molecular formula is C13H18BrN3O2. The Morgan fingerprint density at radius 2 is 2.32 bits per heavy atom. The van der Waals surface area contributed by atoms with Crippen molar-refractivity contribution in [2.24, 2.45) is 11.8 Å². The van der Waals surface area contributed by atoms with Gasteiger partial charge in [0.2, 0.25) is 0 Å². The van der Waals surface area contributed by atoms with Crippen LogP contribution in [0.25, 0.3) is 0 Å². The van der Waals surface area contributed by atoms with Crippen LogP contribution >= 0.6 is 15.9 Å². The maximum atomic E-state index is 10.7. The summed E-state index contributed by atoms with van der Waals surface area (Å²) in [7, 11) is 0. The second-order valence-corrected chi connectivity index (χ2v) is 5.99. The van der Waals surface area contributed by atoms with Crippen molar-refractivity contribution in [3.05, 3.63) is 26.9 Å². The minimum atomic E-state index is -0.438. The molecule has 19 heavy (non-hydrogen) atoms. The van der Waals surface area contributed by atoms with Crippen LogP contribution in [0.1, 0.15) is 33.1 Å². The van der Waals surface area contributed by atoms with Crippen LogP contribution in [0.4, 0.5) is 11.5 Å². The first-order chi connectivity index (χ1) is 9.02. The van der Waals surface area contributed by atoms with Crippen molar-refractivity contribution in [1.82, 2.24) is 4.98 Å². The maximum Gasteiger partial charge on any atom is 0.288 e. The minimum absolute atomic E-state index is 0.00308. The van der Waals surface area contributed by atoms with E-state index >= 15 is 0 Å². The molecule has 1 N–H and O–H groups in total. The first kappa shape index (κ1) is 14.2. The van der Waals surface area contributed by atoms with Gasteiger partial charge in [-0.05, 0) is 40.6 Å². The van der Waals surface area contributed by atoms with Gasteiger partial charge < -0.3 is 5.32 Å². The molecule has 0 aliphatic heterocycles. The molecule has 1 saturated carbocycles. The Labute approximate surface area is 121 Å². The molecule has 0 saturated heterocycles. The average Bonchev–Trinajstić information content (AvgIpc) is 2.72. The van der Waals surface area contributed by atoms with E-state index < -0.39 is 4.92 Å². The molecule has 3 unspecified atom stereocenters. The van der Waals surface area contributed by atoms with Crippen molar-refractivity contribution in [3.63, 3.8) is 0 Å². The lowest BCUT2D eigenvalue weighted by molar-refractivity contribution is -0.385. The van der Waals surface area contributed by atoms with Crippen molar-refractivity contribution in [3.8, 4) is 0 Å². The molecule has 0 amide bonds. The highest BCUT2D eigenvalue weighted by molar-refractivity contribution is 9.10. The fraction of sp³-hybridized carbons (Fsp3) is 0.615. The van der Waals surface area contributed by atoms with E-state index in [2.05, 4.69) is 40.1 Å². The molecule has 104 valence electrons. The number of halogens is 1. The molecule has 3 atom stereocenters. The Kier molecular flexibility index (Phi) is 4.39. The number of rotatable bonds is 4. The van der Waals surface area contributed by atoms with E-state index in [0.717, 1.165) is 12.3 Å². The van der Waals surface area contributed by atoms with Gasteiger partial charge in [-0.3, -0.25) is 10.1 Å². The Hall–Kier alpha value is -1.17. The molecule has 0 spiro atoms. The first-order valence-corrected chi connectivity index (χ1v) is 7.38. The van der Waals surface area contributed by atoms with Crippen molar-refractivity contribution >= 4 is 27.4 Å². The van der Waals surface area contributed by atoms with Gasteiger partial charge >= 0.3 is 0 Å². The molecule has 1 fully saturated rings. The molecule has 0 aromatic carbocycles. The number of aromatic nitrogens is 1. The van der Waals surface area contributed by atoms with Gasteiger partial charge in [0.15, 0.2) is 0 Å². The molecule has 5 nitrogen and oxygen atoms in total. The van der Waals surface area contributed by atoms with E-state index in [1.807, 2.05) is 0 Å². The summed E-state index contributed by atoms with van der Waals surface area (Å²) in [5, 5.41) is 14.1. The Balaban J connectivity index is 2.10. The normalized spacial score (nSPS) is 26.4. The van der Waals surface area contributed by atoms with E-state index in [4.69, 9.17) is 0 Å². The van der Waals surface area contributed by atoms with Crippen LogP contribution in [0, 0.1) is 22.0 Å². The third-order valence-electron chi connectivity index (χ3n) is 4.11. The third-order valence-corrected chi connectivity index (χ3v) is 4.72. The monoisotopic (exact) mass is 327 g/mol. The zero-order valence-electron chi connectivity index (χ0n) is 11.1. The number of nitrogens with zero attached hydrogens (tertiary/aromatic N) is 2. The number of pyridine rings is 1. The molecule has 1 aromatic heterocycles. The van der Waals surface area contributed by atoms with Gasteiger partial charge in [0, 0.05) is 12.1 Å². The van der Waals surface area contributed by atoms with Gasteiger partial charge in [0.25, 0.3) is 5.69 Å². The van der Waals surface area contributed by atoms with E-state index in [9.17, 15) is 10.1 Å². The lowest BCUT2D eigenvalue weighted by Gasteiger charge is -2.21. The van der Waals surface area contributed by atoms with Crippen molar-refractivity contribution in [1.29, 1.82) is 0 Å². The number of nitrogens with one attached hydrogen (secondary N) is 1. The van der Waals surface area contributed by atoms with Crippen LogP contribution in [0.2, 0.25) is 0 Å². The quantitative estimate of drug-likeness (QED) is 0.670. The fourth-order valence-electron chi connectivity index (χ4n) is 2.84. The van der Waals surface area contributed by atoms with E-state index in [-0.39, 0.29) is 5.69 Å². The molecule has 2 rings (SSSR count). The number of hydrogen-bond donors (Lipinski definition) is 1. The Bertz CT molecular complexity index is 481. The maximum absolute atomic E-state index is 10.7. The zero-order valence-corrected chi connectivity index (χ0v) is 12.7. The Morgan fingerprint density at radius 3 is 2.84 bits per heavy atom. The SMILES string of the molecule is CCC1CCC(Nc2ncc([N+](=O)[O-])cc2Br)C1C. The zero-order chi connectivity index (χ0) is 14.0. The summed E-state index contributed by atoms with van der Waals surface area (Å²) in [6.07, 6.45) is 4.86. The van der Waals surface area contributed by atoms with Crippen LogP contribution in [0.15, 0.2) is 16.7 Å². The predicted molar refractivity (Wildman–Crippen MR) is 78.2 cm³/mol. The molecule has 1 aromatic rings. The summed E-state index contributed by atoms with van der Waals surface area (Å²) in [5.41, 5.74) is 0.00308. The van der Waals surface area contributed by atoms with Gasteiger partial charge in [0.1, 0.15) is 12.0 Å². The first-order valence-electron chi connectivity index (χ1n) is 6.59. The smallest absolute Gasteiger partial charge is 0.288 e. The molecule has 0 radical (unpaired) electrons. The minimum Gasteiger partial charge on any atom is -0.366 e. The highest BCUT2D eigenvalue weighted by Crippen LogP contribution is 2.36. The van der Waals surface area contributed by atoms with Gasteiger partial charge in [-0.25, -0.2) is 4.98 Å². The standard InChI is InChI=1S/C13H18BrN3O2/c1-3-9-4-5-12(8(9)2)16-13-11(14)6-10(7-15-13)17(18)19/h6-9,12H,3-5H2,1-2H3,(H,15,16). The average molecular weight is 328 g/mol. The van der Waals surface area contributed by atoms with Crippen molar-refractivity contribution < 1.29 is 4.92 Å². The summed E-state index contributed by atoms with van der Waals surface area (Å²) < 4.78 is 0.647. The molecule has 6 heteroatoms. The largest absolute Gasteiger partial charge is 0.366 e. The Morgan fingerprint density at radius 1 is 1.58 bits per heavy atom. The number of nitro groups is 1. The summed E-state index contributed by atoms with van der Waals surface area (Å²) in [6, 6.07) is 1.89. The van der Waals surface area contributed by atoms with Crippen LogP contribution in [-0.4, -0.2) is 15.9 Å². The molecule has 1 aliphatic rings. The summed E-state index contributed by atoms with van der Waals surface area (Å²) in [4.78, 5) is 14.4. The fourth-order valence-corrected chi connectivity index (χ4v) is 3.29. The summed E-state index contributed by atoms with van der Waals surface area (Å²) in [5.74, 6) is 2.06. The topological polar surface area (TPSA) is 68.1 Å². The molecular weight excluding hydrogens is 310 g/mol. The summed E-state index contributed by atoms with van der Waals surface area (Å²) >= 11 is 3.35. The van der Waals surface area contributed by atoms with E-state index in [1.165, 1.54) is 25.1 Å². The van der Waals surface area contributed by atoms with Crippen LogP contribution in [0.5, 0.6) is 0 Å². The third kappa shape index (κ3) is 3.05. The predicted octanol–water partition coefficient (Wildman–Crippen LogP) is 3.99. The molecule has 0 bridgehead atoms. The van der Waals surface area contributed by atoms with Crippen LogP contribution in [-0.2, 0) is 0 Å². The number of hydrogen-bond acceptors (Lipinski definition) is 4. The molecule has 1 aliphatic carbocycles. The van der Waals surface area contributed by atoms with Gasteiger partial charge in [0.05, 0.1) is 9.40 Å². The second-order valence-electron chi connectivity index (χ2n) is 5.14. The van der Waals surface area contributed by atoms with Crippen molar-refractivity contribution in [2.75, 3.05) is 5.32 Å². The van der Waals surface area contributed by atoms with E-state index in [1.54, 1.807) is 0 Å². The molecule has 1 heterocycles. The lowest BCUT2D eigenvalue weighted by atomic mass is 9.93.